The highest BCUT2D eigenvalue weighted by molar-refractivity contribution is 7.88. The fourth-order valence-electron chi connectivity index (χ4n) is 4.23. The van der Waals surface area contributed by atoms with Crippen molar-refractivity contribution in [3.63, 3.8) is 0 Å². The second-order valence-electron chi connectivity index (χ2n) is 9.63. The van der Waals surface area contributed by atoms with Crippen molar-refractivity contribution in [3.8, 4) is 17.1 Å². The largest absolute Gasteiger partial charge is 0.420 e. The Morgan fingerprint density at radius 2 is 1.82 bits per heavy atom. The summed E-state index contributed by atoms with van der Waals surface area (Å²) >= 11 is 0. The van der Waals surface area contributed by atoms with Crippen molar-refractivity contribution in [1.82, 2.24) is 34.1 Å². The summed E-state index contributed by atoms with van der Waals surface area (Å²) in [7, 11) is -3.31. The maximum Gasteiger partial charge on any atom is 0.420 e. The first-order valence-electron chi connectivity index (χ1n) is 12.2. The predicted molar refractivity (Wildman–Crippen MR) is 138 cm³/mol. The van der Waals surface area contributed by atoms with Gasteiger partial charge in [-0.15, -0.1) is 0 Å². The number of sulfonamides is 1. The van der Waals surface area contributed by atoms with Crippen molar-refractivity contribution >= 4 is 21.9 Å². The number of imidazole rings is 1. The fraction of sp³-hybridized carbons (Fsp3) is 0.458. The third kappa shape index (κ3) is 6.71. The average molecular weight is 567 g/mol. The summed E-state index contributed by atoms with van der Waals surface area (Å²) in [6.45, 7) is 5.93. The lowest BCUT2D eigenvalue weighted by Crippen LogP contribution is -2.42. The van der Waals surface area contributed by atoms with E-state index < -0.39 is 27.5 Å². The quantitative estimate of drug-likeness (QED) is 0.446. The highest BCUT2D eigenvalue weighted by atomic mass is 32.2. The van der Waals surface area contributed by atoms with Gasteiger partial charge in [0.25, 0.3) is 5.91 Å². The summed E-state index contributed by atoms with van der Waals surface area (Å²) in [4.78, 5) is 28.8. The molecule has 0 radical (unpaired) electrons. The van der Waals surface area contributed by atoms with Crippen LogP contribution in [0.5, 0.6) is 0 Å². The second kappa shape index (κ2) is 10.9. The standard InChI is InChI=1S/C24H29F3N8O3S/c1-14(2)30-22(36)18-5-6-20(15(3)31-18)34-12-19(29-13-34)21-17(24(25,26)27)11-28-23(33-21)32-16-7-9-35(10-8-16)39(4,37)38/h5-6,11-14,16H,7-10H2,1-4H3,(H,30,36)(H,28,32,33). The molecule has 11 nitrogen and oxygen atoms in total. The highest BCUT2D eigenvalue weighted by Gasteiger charge is 2.36. The van der Waals surface area contributed by atoms with Gasteiger partial charge in [-0.3, -0.25) is 4.79 Å². The van der Waals surface area contributed by atoms with Gasteiger partial charge in [-0.2, -0.15) is 13.2 Å². The minimum Gasteiger partial charge on any atom is -0.351 e. The Balaban J connectivity index is 1.60. The molecule has 0 aromatic carbocycles. The van der Waals surface area contributed by atoms with Gasteiger partial charge in [0.15, 0.2) is 0 Å². The molecule has 1 fully saturated rings. The van der Waals surface area contributed by atoms with Gasteiger partial charge in [-0.05, 0) is 45.7 Å². The molecule has 1 amide bonds. The molecule has 0 aliphatic carbocycles. The summed E-state index contributed by atoms with van der Waals surface area (Å²) in [6.07, 6.45) is 0.803. The number of halogens is 3. The van der Waals surface area contributed by atoms with E-state index in [9.17, 15) is 26.4 Å². The zero-order valence-corrected chi connectivity index (χ0v) is 22.6. The number of alkyl halides is 3. The number of pyridine rings is 1. The molecule has 0 spiro atoms. The van der Waals surface area contributed by atoms with Crippen molar-refractivity contribution in [2.24, 2.45) is 0 Å². The van der Waals surface area contributed by atoms with Gasteiger partial charge in [0.1, 0.15) is 29.0 Å². The van der Waals surface area contributed by atoms with E-state index in [1.54, 1.807) is 13.0 Å². The van der Waals surface area contributed by atoms with E-state index in [4.69, 9.17) is 0 Å². The van der Waals surface area contributed by atoms with Crippen molar-refractivity contribution in [2.75, 3.05) is 24.7 Å². The average Bonchev–Trinajstić information content (AvgIpc) is 3.32. The van der Waals surface area contributed by atoms with E-state index in [2.05, 4.69) is 30.6 Å². The number of hydrogen-bond acceptors (Lipinski definition) is 8. The molecule has 4 heterocycles. The summed E-state index contributed by atoms with van der Waals surface area (Å²) < 4.78 is 67.9. The minimum absolute atomic E-state index is 0.0104. The second-order valence-corrected chi connectivity index (χ2v) is 11.6. The van der Waals surface area contributed by atoms with Gasteiger partial charge in [0, 0.05) is 37.6 Å². The van der Waals surface area contributed by atoms with Crippen LogP contribution in [0.3, 0.4) is 0 Å². The molecule has 3 aromatic rings. The molecule has 0 unspecified atom stereocenters. The summed E-state index contributed by atoms with van der Waals surface area (Å²) in [5.41, 5.74) is -0.226. The van der Waals surface area contributed by atoms with Crippen LogP contribution in [-0.2, 0) is 16.2 Å². The zero-order valence-electron chi connectivity index (χ0n) is 21.8. The molecule has 1 saturated heterocycles. The SMILES string of the molecule is Cc1nc(C(=O)NC(C)C)ccc1-n1cnc(-c2nc(NC3CCN(S(C)(=O)=O)CC3)ncc2C(F)(F)F)c1. The van der Waals surface area contributed by atoms with Crippen LogP contribution in [0.4, 0.5) is 19.1 Å². The number of rotatable bonds is 7. The van der Waals surface area contributed by atoms with Gasteiger partial charge in [0.2, 0.25) is 16.0 Å². The molecule has 1 aliphatic heterocycles. The van der Waals surface area contributed by atoms with Crippen molar-refractivity contribution in [1.29, 1.82) is 0 Å². The van der Waals surface area contributed by atoms with E-state index in [1.165, 1.54) is 27.5 Å². The number of carbonyl (C=O) groups excluding carboxylic acids is 1. The fourth-order valence-corrected chi connectivity index (χ4v) is 5.11. The molecule has 39 heavy (non-hydrogen) atoms. The molecular weight excluding hydrogens is 537 g/mol. The predicted octanol–water partition coefficient (Wildman–Crippen LogP) is 3.03. The van der Waals surface area contributed by atoms with Crippen molar-refractivity contribution in [2.45, 2.75) is 51.9 Å². The number of hydrogen-bond donors (Lipinski definition) is 2. The normalized spacial score (nSPS) is 15.5. The van der Waals surface area contributed by atoms with Crippen LogP contribution in [-0.4, -0.2) is 74.6 Å². The summed E-state index contributed by atoms with van der Waals surface area (Å²) in [6, 6.07) is 2.91. The molecule has 2 N–H and O–H groups in total. The van der Waals surface area contributed by atoms with E-state index in [0.717, 1.165) is 6.26 Å². The molecular formula is C24H29F3N8O3S. The number of aryl methyl sites for hydroxylation is 1. The molecule has 15 heteroatoms. The minimum atomic E-state index is -4.72. The van der Waals surface area contributed by atoms with E-state index in [0.29, 0.717) is 43.5 Å². The Bertz CT molecular complexity index is 1470. The Morgan fingerprint density at radius 1 is 1.13 bits per heavy atom. The first-order valence-corrected chi connectivity index (χ1v) is 14.1. The van der Waals surface area contributed by atoms with Gasteiger partial charge in [-0.1, -0.05) is 0 Å². The van der Waals surface area contributed by atoms with E-state index in [-0.39, 0.29) is 35.3 Å². The van der Waals surface area contributed by atoms with Gasteiger partial charge in [0.05, 0.1) is 17.6 Å². The number of nitrogens with one attached hydrogen (secondary N) is 2. The van der Waals surface area contributed by atoms with Crippen LogP contribution in [0.15, 0.2) is 30.9 Å². The third-order valence-electron chi connectivity index (χ3n) is 6.16. The molecule has 4 rings (SSSR count). The maximum absolute atomic E-state index is 13.8. The lowest BCUT2D eigenvalue weighted by molar-refractivity contribution is -0.137. The topological polar surface area (TPSA) is 135 Å². The summed E-state index contributed by atoms with van der Waals surface area (Å²) in [5, 5.41) is 5.78. The van der Waals surface area contributed by atoms with Crippen LogP contribution >= 0.6 is 0 Å². The zero-order chi connectivity index (χ0) is 28.5. The molecule has 1 aliphatic rings. The summed E-state index contributed by atoms with van der Waals surface area (Å²) in [5.74, 6) is -0.340. The van der Waals surface area contributed by atoms with Gasteiger partial charge >= 0.3 is 6.18 Å². The van der Waals surface area contributed by atoms with Crippen LogP contribution < -0.4 is 10.6 Å². The first-order chi connectivity index (χ1) is 18.2. The molecule has 210 valence electrons. The highest BCUT2D eigenvalue weighted by Crippen LogP contribution is 2.36. The van der Waals surface area contributed by atoms with Gasteiger partial charge < -0.3 is 15.2 Å². The number of anilines is 1. The maximum atomic E-state index is 13.8. The number of aromatic nitrogens is 5. The molecule has 0 bridgehead atoms. The monoisotopic (exact) mass is 566 g/mol. The molecule has 3 aromatic heterocycles. The van der Waals surface area contributed by atoms with Crippen LogP contribution in [0, 0.1) is 6.92 Å². The Morgan fingerprint density at radius 3 is 2.41 bits per heavy atom. The number of nitrogens with zero attached hydrogens (tertiary/aromatic N) is 6. The Hall–Kier alpha value is -3.59. The number of amides is 1. The lowest BCUT2D eigenvalue weighted by atomic mass is 10.1. The smallest absolute Gasteiger partial charge is 0.351 e. The van der Waals surface area contributed by atoms with Gasteiger partial charge in [-0.25, -0.2) is 32.7 Å². The molecule has 0 saturated carbocycles. The Kier molecular flexibility index (Phi) is 7.93. The van der Waals surface area contributed by atoms with Crippen LogP contribution in [0.1, 0.15) is 48.4 Å². The van der Waals surface area contributed by atoms with E-state index >= 15 is 0 Å². The number of piperidine rings is 1. The van der Waals surface area contributed by atoms with Crippen molar-refractivity contribution in [3.05, 3.63) is 47.8 Å². The van der Waals surface area contributed by atoms with Crippen LogP contribution in [0.25, 0.3) is 17.1 Å². The van der Waals surface area contributed by atoms with E-state index in [1.807, 2.05) is 13.8 Å². The van der Waals surface area contributed by atoms with Crippen molar-refractivity contribution < 1.29 is 26.4 Å². The number of carbonyl (C=O) groups is 1. The molecule has 0 atom stereocenters. The third-order valence-corrected chi connectivity index (χ3v) is 7.47. The Labute approximate surface area is 223 Å². The van der Waals surface area contributed by atoms with Crippen LogP contribution in [0.2, 0.25) is 0 Å². The first kappa shape index (κ1) is 28.4. The lowest BCUT2D eigenvalue weighted by Gasteiger charge is -2.30.